The number of nitrogens with one attached hydrogen (secondary N) is 2. The maximum Gasteiger partial charge on any atom is 0.191 e. The van der Waals surface area contributed by atoms with Crippen molar-refractivity contribution in [3.8, 4) is 0 Å². The standard InChI is InChI=1S/C20H32FN3OS/c1-5-22-18(23-14-19(2,3)26-4)24-15-20(9-11-25-12-10-20)16-7-6-8-17(21)13-16/h6-8,13H,5,9-12,14-15H2,1-4H3,(H2,22,23,24). The summed E-state index contributed by atoms with van der Waals surface area (Å²) in [7, 11) is 0. The van der Waals surface area contributed by atoms with Crippen LogP contribution < -0.4 is 10.6 Å². The van der Waals surface area contributed by atoms with Crippen LogP contribution in [-0.4, -0.2) is 49.8 Å². The van der Waals surface area contributed by atoms with Gasteiger partial charge < -0.3 is 15.4 Å². The van der Waals surface area contributed by atoms with Gasteiger partial charge in [0.25, 0.3) is 0 Å². The van der Waals surface area contributed by atoms with Crippen molar-refractivity contribution < 1.29 is 9.13 Å². The molecule has 1 aromatic rings. The van der Waals surface area contributed by atoms with Crippen LogP contribution >= 0.6 is 11.8 Å². The lowest BCUT2D eigenvalue weighted by atomic mass is 9.74. The van der Waals surface area contributed by atoms with E-state index in [0.717, 1.165) is 37.5 Å². The van der Waals surface area contributed by atoms with Crippen LogP contribution in [0.2, 0.25) is 0 Å². The molecular weight excluding hydrogens is 349 g/mol. The smallest absolute Gasteiger partial charge is 0.191 e. The normalized spacial score (nSPS) is 17.8. The Bertz CT molecular complexity index is 600. The summed E-state index contributed by atoms with van der Waals surface area (Å²) in [5.74, 6) is 0.632. The highest BCUT2D eigenvalue weighted by atomic mass is 32.2. The van der Waals surface area contributed by atoms with Crippen LogP contribution in [-0.2, 0) is 10.2 Å². The largest absolute Gasteiger partial charge is 0.381 e. The zero-order chi connectivity index (χ0) is 19.0. The van der Waals surface area contributed by atoms with Gasteiger partial charge in [0, 0.05) is 36.5 Å². The van der Waals surface area contributed by atoms with Gasteiger partial charge in [-0.2, -0.15) is 11.8 Å². The van der Waals surface area contributed by atoms with Crippen molar-refractivity contribution in [1.29, 1.82) is 0 Å². The molecule has 0 atom stereocenters. The van der Waals surface area contributed by atoms with Crippen molar-refractivity contribution in [1.82, 2.24) is 10.6 Å². The third-order valence-corrected chi connectivity index (χ3v) is 6.23. The SMILES string of the molecule is CCNC(=NCC(C)(C)SC)NCC1(c2cccc(F)c2)CCOCC1. The third-order valence-electron chi connectivity index (χ3n) is 5.00. The van der Waals surface area contributed by atoms with Crippen molar-refractivity contribution in [2.45, 2.75) is 43.8 Å². The second-order valence-corrected chi connectivity index (χ2v) is 8.93. The molecule has 0 spiro atoms. The lowest BCUT2D eigenvalue weighted by Gasteiger charge is -2.38. The maximum absolute atomic E-state index is 13.8. The molecule has 0 aliphatic carbocycles. The number of rotatable bonds is 7. The summed E-state index contributed by atoms with van der Waals surface area (Å²) in [5, 5.41) is 6.82. The van der Waals surface area contributed by atoms with Gasteiger partial charge in [-0.05, 0) is 57.6 Å². The highest BCUT2D eigenvalue weighted by Gasteiger charge is 2.35. The first kappa shape index (κ1) is 21.0. The summed E-state index contributed by atoms with van der Waals surface area (Å²) in [5.41, 5.74) is 0.902. The number of nitrogens with zero attached hydrogens (tertiary/aromatic N) is 1. The van der Waals surface area contributed by atoms with Crippen LogP contribution in [0.25, 0.3) is 0 Å². The van der Waals surface area contributed by atoms with Gasteiger partial charge in [-0.15, -0.1) is 0 Å². The highest BCUT2D eigenvalue weighted by molar-refractivity contribution is 7.99. The molecule has 1 aliphatic rings. The second-order valence-electron chi connectivity index (χ2n) is 7.42. The lowest BCUT2D eigenvalue weighted by molar-refractivity contribution is 0.0513. The molecule has 1 fully saturated rings. The molecule has 26 heavy (non-hydrogen) atoms. The fourth-order valence-corrected chi connectivity index (χ4v) is 3.27. The van der Waals surface area contributed by atoms with Gasteiger partial charge in [-0.1, -0.05) is 12.1 Å². The van der Waals surface area contributed by atoms with E-state index in [2.05, 4.69) is 37.7 Å². The summed E-state index contributed by atoms with van der Waals surface area (Å²) in [6, 6.07) is 6.98. The first-order valence-electron chi connectivity index (χ1n) is 9.32. The molecule has 1 saturated heterocycles. The summed E-state index contributed by atoms with van der Waals surface area (Å²) < 4.78 is 19.5. The summed E-state index contributed by atoms with van der Waals surface area (Å²) in [4.78, 5) is 4.75. The predicted octanol–water partition coefficient (Wildman–Crippen LogP) is 3.57. The number of hydrogen-bond acceptors (Lipinski definition) is 3. The molecule has 146 valence electrons. The van der Waals surface area contributed by atoms with Crippen LogP contribution in [0.3, 0.4) is 0 Å². The van der Waals surface area contributed by atoms with Crippen molar-refractivity contribution in [2.24, 2.45) is 4.99 Å². The Kier molecular flexibility index (Phi) is 7.77. The van der Waals surface area contributed by atoms with Gasteiger partial charge in [0.05, 0.1) is 6.54 Å². The van der Waals surface area contributed by atoms with Gasteiger partial charge in [-0.3, -0.25) is 4.99 Å². The first-order valence-corrected chi connectivity index (χ1v) is 10.5. The third kappa shape index (κ3) is 5.88. The van der Waals surface area contributed by atoms with E-state index in [1.807, 2.05) is 17.8 Å². The van der Waals surface area contributed by atoms with Crippen molar-refractivity contribution in [3.63, 3.8) is 0 Å². The molecule has 1 heterocycles. The molecule has 0 radical (unpaired) electrons. The lowest BCUT2D eigenvalue weighted by Crippen LogP contribution is -2.48. The Balaban J connectivity index is 2.15. The van der Waals surface area contributed by atoms with Gasteiger partial charge in [-0.25, -0.2) is 4.39 Å². The maximum atomic E-state index is 13.8. The monoisotopic (exact) mass is 381 g/mol. The van der Waals surface area contributed by atoms with Crippen LogP contribution in [0, 0.1) is 5.82 Å². The van der Waals surface area contributed by atoms with E-state index in [4.69, 9.17) is 9.73 Å². The van der Waals surface area contributed by atoms with E-state index in [-0.39, 0.29) is 16.0 Å². The topological polar surface area (TPSA) is 45.7 Å². The fraction of sp³-hybridized carbons (Fsp3) is 0.650. The molecule has 0 aromatic heterocycles. The minimum absolute atomic E-state index is 0.0985. The molecule has 2 N–H and O–H groups in total. The highest BCUT2D eigenvalue weighted by Crippen LogP contribution is 2.34. The van der Waals surface area contributed by atoms with Gasteiger partial charge in [0.15, 0.2) is 5.96 Å². The molecule has 6 heteroatoms. The Morgan fingerprint density at radius 3 is 2.65 bits per heavy atom. The molecule has 1 aliphatic heterocycles. The average molecular weight is 382 g/mol. The number of guanidine groups is 1. The molecule has 0 unspecified atom stereocenters. The molecule has 0 bridgehead atoms. The number of benzene rings is 1. The van der Waals surface area contributed by atoms with Crippen LogP contribution in [0.5, 0.6) is 0 Å². The fourth-order valence-electron chi connectivity index (χ4n) is 3.08. The average Bonchev–Trinajstić information content (AvgIpc) is 2.65. The minimum Gasteiger partial charge on any atom is -0.381 e. The number of hydrogen-bond donors (Lipinski definition) is 2. The van der Waals surface area contributed by atoms with E-state index < -0.39 is 0 Å². The Labute approximate surface area is 161 Å². The van der Waals surface area contributed by atoms with Crippen molar-refractivity contribution in [3.05, 3.63) is 35.6 Å². The molecule has 0 amide bonds. The molecule has 4 nitrogen and oxygen atoms in total. The van der Waals surface area contributed by atoms with Gasteiger partial charge in [0.1, 0.15) is 5.82 Å². The Morgan fingerprint density at radius 1 is 1.31 bits per heavy atom. The van der Waals surface area contributed by atoms with E-state index in [1.54, 1.807) is 12.1 Å². The van der Waals surface area contributed by atoms with E-state index in [9.17, 15) is 4.39 Å². The number of ether oxygens (including phenoxy) is 1. The first-order chi connectivity index (χ1) is 12.4. The van der Waals surface area contributed by atoms with Gasteiger partial charge >= 0.3 is 0 Å². The molecule has 2 rings (SSSR count). The van der Waals surface area contributed by atoms with Gasteiger partial charge in [0.2, 0.25) is 0 Å². The van der Waals surface area contributed by atoms with E-state index >= 15 is 0 Å². The number of aliphatic imine (C=N–C) groups is 1. The number of thioether (sulfide) groups is 1. The predicted molar refractivity (Wildman–Crippen MR) is 110 cm³/mol. The van der Waals surface area contributed by atoms with Crippen LogP contribution in [0.15, 0.2) is 29.3 Å². The zero-order valence-electron chi connectivity index (χ0n) is 16.4. The quantitative estimate of drug-likeness (QED) is 0.560. The van der Waals surface area contributed by atoms with Crippen LogP contribution in [0.1, 0.15) is 39.2 Å². The Hall–Kier alpha value is -1.27. The molecule has 1 aromatic carbocycles. The molecular formula is C20H32FN3OS. The summed E-state index contributed by atoms with van der Waals surface area (Å²) in [6.07, 6.45) is 3.86. The van der Waals surface area contributed by atoms with Crippen molar-refractivity contribution >= 4 is 17.7 Å². The van der Waals surface area contributed by atoms with E-state index in [1.165, 1.54) is 6.07 Å². The second kappa shape index (κ2) is 9.60. The summed E-state index contributed by atoms with van der Waals surface area (Å²) >= 11 is 1.81. The van der Waals surface area contributed by atoms with Crippen molar-refractivity contribution in [2.75, 3.05) is 39.1 Å². The minimum atomic E-state index is -0.185. The van der Waals surface area contributed by atoms with E-state index in [0.29, 0.717) is 19.8 Å². The number of halogens is 1. The zero-order valence-corrected chi connectivity index (χ0v) is 17.2. The van der Waals surface area contributed by atoms with Crippen LogP contribution in [0.4, 0.5) is 4.39 Å². The molecule has 0 saturated carbocycles. The summed E-state index contributed by atoms with van der Waals surface area (Å²) in [6.45, 7) is 10.1. The Morgan fingerprint density at radius 2 is 2.04 bits per heavy atom.